The predicted molar refractivity (Wildman–Crippen MR) is 113 cm³/mol. The van der Waals surface area contributed by atoms with E-state index in [9.17, 15) is 19.2 Å². The third kappa shape index (κ3) is 3.28. The third-order valence-corrected chi connectivity index (χ3v) is 5.80. The highest BCUT2D eigenvalue weighted by atomic mass is 16.2. The fourth-order valence-corrected chi connectivity index (χ4v) is 3.97. The Bertz CT molecular complexity index is 1210. The van der Waals surface area contributed by atoms with Crippen LogP contribution in [0, 0.1) is 0 Å². The Morgan fingerprint density at radius 3 is 2.50 bits per heavy atom. The summed E-state index contributed by atoms with van der Waals surface area (Å²) < 4.78 is 0. The molecule has 1 saturated heterocycles. The lowest BCUT2D eigenvalue weighted by atomic mass is 9.72. The number of benzene rings is 2. The number of aromatic amines is 1. The summed E-state index contributed by atoms with van der Waals surface area (Å²) in [5.41, 5.74) is 0.884. The number of pyridine rings is 1. The molecule has 2 heterocycles. The second-order valence-corrected chi connectivity index (χ2v) is 7.42. The van der Waals surface area contributed by atoms with Gasteiger partial charge in [-0.3, -0.25) is 24.5 Å². The van der Waals surface area contributed by atoms with Crippen LogP contribution >= 0.6 is 0 Å². The molecule has 4 rings (SSSR count). The van der Waals surface area contributed by atoms with Crippen molar-refractivity contribution in [3.63, 3.8) is 0 Å². The zero-order valence-electron chi connectivity index (χ0n) is 16.5. The largest absolute Gasteiger partial charge is 0.360 e. The number of nitrogens with one attached hydrogen (secondary N) is 3. The van der Waals surface area contributed by atoms with Crippen molar-refractivity contribution in [2.24, 2.45) is 0 Å². The highest BCUT2D eigenvalue weighted by Gasteiger charge is 2.42. The van der Waals surface area contributed by atoms with Gasteiger partial charge in [0.2, 0.25) is 17.2 Å². The minimum atomic E-state index is -0.758. The molecule has 1 fully saturated rings. The summed E-state index contributed by atoms with van der Waals surface area (Å²) in [6.07, 6.45) is 2.71. The van der Waals surface area contributed by atoms with Gasteiger partial charge in [-0.15, -0.1) is 0 Å². The molecule has 0 unspecified atom stereocenters. The van der Waals surface area contributed by atoms with Crippen LogP contribution in [0.1, 0.15) is 42.1 Å². The van der Waals surface area contributed by atoms with E-state index in [1.165, 1.54) is 6.20 Å². The first-order valence-corrected chi connectivity index (χ1v) is 9.81. The first-order chi connectivity index (χ1) is 14.4. The van der Waals surface area contributed by atoms with Crippen LogP contribution in [0.2, 0.25) is 0 Å². The number of hydrogen-bond donors (Lipinski definition) is 3. The van der Waals surface area contributed by atoms with E-state index in [1.807, 2.05) is 13.0 Å². The van der Waals surface area contributed by atoms with Crippen molar-refractivity contribution in [3.8, 4) is 0 Å². The number of amides is 3. The van der Waals surface area contributed by atoms with Crippen LogP contribution in [0.15, 0.2) is 59.5 Å². The standard InChI is InChI=1S/C23H21N3O4/c1-2-23(12-11-19(27)26-22(23)30)14-7-9-15(10-8-14)25-21(29)17-13-24-18-6-4-3-5-16(18)20(17)28/h3-10,13H,2,11-12H2,1H3,(H,24,28)(H,25,29)(H,26,27,30)/t23-/m0/s1. The second-order valence-electron chi connectivity index (χ2n) is 7.42. The molecule has 0 saturated carbocycles. The van der Waals surface area contributed by atoms with Gasteiger partial charge < -0.3 is 10.3 Å². The quantitative estimate of drug-likeness (QED) is 0.582. The molecular formula is C23H21N3O4. The molecule has 0 aliphatic carbocycles. The molecule has 1 atom stereocenters. The molecule has 0 radical (unpaired) electrons. The van der Waals surface area contributed by atoms with Gasteiger partial charge in [0, 0.05) is 29.2 Å². The van der Waals surface area contributed by atoms with Gasteiger partial charge in [0.05, 0.1) is 5.41 Å². The number of aromatic nitrogens is 1. The van der Waals surface area contributed by atoms with Crippen molar-refractivity contribution in [1.29, 1.82) is 0 Å². The smallest absolute Gasteiger partial charge is 0.261 e. The summed E-state index contributed by atoms with van der Waals surface area (Å²) in [6, 6.07) is 14.0. The number of rotatable bonds is 4. The second kappa shape index (κ2) is 7.59. The number of anilines is 1. The molecule has 3 aromatic rings. The van der Waals surface area contributed by atoms with Gasteiger partial charge in [-0.25, -0.2) is 0 Å². The molecule has 3 amide bonds. The maximum absolute atomic E-state index is 12.6. The van der Waals surface area contributed by atoms with Crippen molar-refractivity contribution in [2.75, 3.05) is 5.32 Å². The molecule has 1 aromatic heterocycles. The number of H-pyrrole nitrogens is 1. The Morgan fingerprint density at radius 1 is 1.07 bits per heavy atom. The van der Waals surface area contributed by atoms with Crippen LogP contribution in [0.5, 0.6) is 0 Å². The van der Waals surface area contributed by atoms with Crippen LogP contribution in [0.4, 0.5) is 5.69 Å². The third-order valence-electron chi connectivity index (χ3n) is 5.80. The first-order valence-electron chi connectivity index (χ1n) is 9.81. The van der Waals surface area contributed by atoms with Crippen molar-refractivity contribution in [3.05, 3.63) is 76.1 Å². The molecule has 0 bridgehead atoms. The van der Waals surface area contributed by atoms with Gasteiger partial charge in [-0.05, 0) is 42.7 Å². The zero-order chi connectivity index (χ0) is 21.3. The number of para-hydroxylation sites is 1. The topological polar surface area (TPSA) is 108 Å². The van der Waals surface area contributed by atoms with Gasteiger partial charge in [0.25, 0.3) is 5.91 Å². The van der Waals surface area contributed by atoms with E-state index >= 15 is 0 Å². The van der Waals surface area contributed by atoms with E-state index in [-0.39, 0.29) is 22.8 Å². The number of carbonyl (C=O) groups is 3. The Kier molecular flexibility index (Phi) is 4.95. The van der Waals surface area contributed by atoms with E-state index in [1.54, 1.807) is 42.5 Å². The van der Waals surface area contributed by atoms with E-state index in [0.29, 0.717) is 35.9 Å². The zero-order valence-corrected chi connectivity index (χ0v) is 16.5. The molecule has 1 aliphatic heterocycles. The molecule has 152 valence electrons. The van der Waals surface area contributed by atoms with Crippen LogP contribution in [0.3, 0.4) is 0 Å². The molecule has 0 spiro atoms. The highest BCUT2D eigenvalue weighted by molar-refractivity contribution is 6.06. The normalized spacial score (nSPS) is 18.8. The lowest BCUT2D eigenvalue weighted by Gasteiger charge is -2.35. The minimum Gasteiger partial charge on any atom is -0.360 e. The van der Waals surface area contributed by atoms with Gasteiger partial charge in [0.15, 0.2) is 0 Å². The van der Waals surface area contributed by atoms with Gasteiger partial charge in [-0.1, -0.05) is 31.2 Å². The predicted octanol–water partition coefficient (Wildman–Crippen LogP) is 2.86. The molecule has 2 aromatic carbocycles. The van der Waals surface area contributed by atoms with Gasteiger partial charge in [-0.2, -0.15) is 0 Å². The minimum absolute atomic E-state index is 0.0213. The van der Waals surface area contributed by atoms with E-state index in [2.05, 4.69) is 15.6 Å². The summed E-state index contributed by atoms with van der Waals surface area (Å²) in [4.78, 5) is 52.2. The van der Waals surface area contributed by atoms with E-state index < -0.39 is 11.3 Å². The number of fused-ring (bicyclic) bond motifs is 1. The molecule has 7 heteroatoms. The number of piperidine rings is 1. The Labute approximate surface area is 172 Å². The van der Waals surface area contributed by atoms with Crippen LogP contribution < -0.4 is 16.1 Å². The average molecular weight is 403 g/mol. The van der Waals surface area contributed by atoms with E-state index in [0.717, 1.165) is 5.56 Å². The Morgan fingerprint density at radius 2 is 1.80 bits per heavy atom. The maximum Gasteiger partial charge on any atom is 0.261 e. The lowest BCUT2D eigenvalue weighted by molar-refractivity contribution is -0.138. The summed E-state index contributed by atoms with van der Waals surface area (Å²) >= 11 is 0. The molecule has 3 N–H and O–H groups in total. The van der Waals surface area contributed by atoms with Gasteiger partial charge >= 0.3 is 0 Å². The first kappa shape index (κ1) is 19.6. The van der Waals surface area contributed by atoms with Crippen LogP contribution in [0.25, 0.3) is 10.9 Å². The molecular weight excluding hydrogens is 382 g/mol. The SMILES string of the molecule is CC[C@@]1(c2ccc(NC(=O)c3c[nH]c4ccccc4c3=O)cc2)CCC(=O)NC1=O. The van der Waals surface area contributed by atoms with Crippen molar-refractivity contribution < 1.29 is 14.4 Å². The average Bonchev–Trinajstić information content (AvgIpc) is 2.75. The number of carbonyl (C=O) groups excluding carboxylic acids is 3. The van der Waals surface area contributed by atoms with Crippen molar-refractivity contribution in [1.82, 2.24) is 10.3 Å². The Hall–Kier alpha value is -3.74. The van der Waals surface area contributed by atoms with Crippen LogP contribution in [-0.4, -0.2) is 22.7 Å². The summed E-state index contributed by atoms with van der Waals surface area (Å²) in [5, 5.41) is 5.60. The molecule has 7 nitrogen and oxygen atoms in total. The summed E-state index contributed by atoms with van der Waals surface area (Å²) in [6.45, 7) is 1.91. The highest BCUT2D eigenvalue weighted by Crippen LogP contribution is 2.36. The number of hydrogen-bond acceptors (Lipinski definition) is 4. The summed E-state index contributed by atoms with van der Waals surface area (Å²) in [5.74, 6) is -1.06. The van der Waals surface area contributed by atoms with Crippen molar-refractivity contribution in [2.45, 2.75) is 31.6 Å². The monoisotopic (exact) mass is 403 g/mol. The van der Waals surface area contributed by atoms with Crippen molar-refractivity contribution >= 4 is 34.3 Å². The molecule has 30 heavy (non-hydrogen) atoms. The summed E-state index contributed by atoms with van der Waals surface area (Å²) in [7, 11) is 0. The Balaban J connectivity index is 1.57. The fraction of sp³-hybridized carbons (Fsp3) is 0.217. The number of imide groups is 1. The van der Waals surface area contributed by atoms with E-state index in [4.69, 9.17) is 0 Å². The fourth-order valence-electron chi connectivity index (χ4n) is 3.97. The lowest BCUT2D eigenvalue weighted by Crippen LogP contribution is -2.51. The van der Waals surface area contributed by atoms with Gasteiger partial charge in [0.1, 0.15) is 5.56 Å². The van der Waals surface area contributed by atoms with Crippen LogP contribution in [-0.2, 0) is 15.0 Å². The maximum atomic E-state index is 12.6. The molecule has 1 aliphatic rings.